The average molecular weight is 160 g/mol. The van der Waals surface area contributed by atoms with Gasteiger partial charge in [-0.3, -0.25) is 0 Å². The van der Waals surface area contributed by atoms with Crippen LogP contribution in [-0.4, -0.2) is 5.11 Å². The van der Waals surface area contributed by atoms with E-state index in [2.05, 4.69) is 24.3 Å². The van der Waals surface area contributed by atoms with Gasteiger partial charge in [0.25, 0.3) is 0 Å². The zero-order valence-corrected chi connectivity index (χ0v) is 6.85. The number of benzene rings is 1. The molecule has 1 aliphatic rings. The minimum Gasteiger partial charge on any atom is -0.508 e. The van der Waals surface area contributed by atoms with E-state index in [-0.39, 0.29) is 0 Å². The van der Waals surface area contributed by atoms with Crippen LogP contribution in [0.1, 0.15) is 6.42 Å². The highest BCUT2D eigenvalue weighted by Crippen LogP contribution is 2.02. The van der Waals surface area contributed by atoms with E-state index >= 15 is 0 Å². The number of para-hydroxylation sites is 1. The first kappa shape index (κ1) is 8.60. The van der Waals surface area contributed by atoms with Crippen molar-refractivity contribution in [2.24, 2.45) is 0 Å². The van der Waals surface area contributed by atoms with Gasteiger partial charge in [-0.05, 0) is 18.6 Å². The summed E-state index contributed by atoms with van der Waals surface area (Å²) in [6.45, 7) is 0. The number of allylic oxidation sites excluding steroid dienone is 4. The van der Waals surface area contributed by atoms with E-state index in [0.717, 1.165) is 6.42 Å². The van der Waals surface area contributed by atoms with Gasteiger partial charge in [0.2, 0.25) is 0 Å². The molecule has 0 radical (unpaired) electrons. The van der Waals surface area contributed by atoms with Crippen molar-refractivity contribution >= 4 is 0 Å². The Kier molecular flexibility index (Phi) is 3.72. The van der Waals surface area contributed by atoms with E-state index in [9.17, 15) is 0 Å². The van der Waals surface area contributed by atoms with Crippen molar-refractivity contribution in [1.82, 2.24) is 0 Å². The molecule has 1 aromatic carbocycles. The van der Waals surface area contributed by atoms with Crippen molar-refractivity contribution in [3.05, 3.63) is 54.6 Å². The maximum Gasteiger partial charge on any atom is 0.115 e. The van der Waals surface area contributed by atoms with Gasteiger partial charge in [0.1, 0.15) is 5.75 Å². The van der Waals surface area contributed by atoms with Gasteiger partial charge in [0.05, 0.1) is 0 Å². The lowest BCUT2D eigenvalue weighted by Gasteiger charge is -1.82. The van der Waals surface area contributed by atoms with Gasteiger partial charge < -0.3 is 5.11 Å². The highest BCUT2D eigenvalue weighted by Gasteiger charge is 1.74. The fourth-order valence-electron chi connectivity index (χ4n) is 0.821. The third-order valence-electron chi connectivity index (χ3n) is 1.41. The first-order valence-corrected chi connectivity index (χ1v) is 3.95. The highest BCUT2D eigenvalue weighted by atomic mass is 16.3. The predicted octanol–water partition coefficient (Wildman–Crippen LogP) is 2.89. The number of hydrogen-bond donors (Lipinski definition) is 1. The van der Waals surface area contributed by atoms with Gasteiger partial charge >= 0.3 is 0 Å². The Bertz CT molecular complexity index is 250. The molecule has 0 amide bonds. The molecule has 0 saturated carbocycles. The van der Waals surface area contributed by atoms with Crippen molar-refractivity contribution in [1.29, 1.82) is 0 Å². The van der Waals surface area contributed by atoms with Crippen LogP contribution < -0.4 is 0 Å². The monoisotopic (exact) mass is 160 g/mol. The van der Waals surface area contributed by atoms with Gasteiger partial charge in [-0.15, -0.1) is 0 Å². The number of aromatic hydroxyl groups is 1. The third-order valence-corrected chi connectivity index (χ3v) is 1.41. The lowest BCUT2D eigenvalue weighted by Crippen LogP contribution is -1.56. The van der Waals surface area contributed by atoms with Crippen molar-refractivity contribution < 1.29 is 5.11 Å². The number of hydrogen-bond acceptors (Lipinski definition) is 1. The summed E-state index contributed by atoms with van der Waals surface area (Å²) in [5.41, 5.74) is 0. The van der Waals surface area contributed by atoms with Crippen molar-refractivity contribution in [3.63, 3.8) is 0 Å². The Labute approximate surface area is 72.7 Å². The summed E-state index contributed by atoms with van der Waals surface area (Å²) >= 11 is 0. The summed E-state index contributed by atoms with van der Waals surface area (Å²) in [6.07, 6.45) is 9.50. The molecule has 0 heterocycles. The highest BCUT2D eigenvalue weighted by molar-refractivity contribution is 5.18. The predicted molar refractivity (Wildman–Crippen MR) is 51.0 cm³/mol. The molecular formula is C11H12O. The van der Waals surface area contributed by atoms with Gasteiger partial charge in [-0.1, -0.05) is 42.5 Å². The second kappa shape index (κ2) is 5.19. The summed E-state index contributed by atoms with van der Waals surface area (Å²) in [7, 11) is 0. The second-order valence-electron chi connectivity index (χ2n) is 2.43. The summed E-state index contributed by atoms with van der Waals surface area (Å²) < 4.78 is 0. The van der Waals surface area contributed by atoms with Crippen molar-refractivity contribution in [3.8, 4) is 5.75 Å². The molecule has 1 heteroatoms. The van der Waals surface area contributed by atoms with Gasteiger partial charge in [-0.2, -0.15) is 0 Å². The molecule has 0 atom stereocenters. The van der Waals surface area contributed by atoms with Crippen LogP contribution >= 0.6 is 0 Å². The van der Waals surface area contributed by atoms with E-state index in [4.69, 9.17) is 5.11 Å². The van der Waals surface area contributed by atoms with Crippen LogP contribution in [0.25, 0.3) is 0 Å². The van der Waals surface area contributed by atoms with Crippen LogP contribution in [0.2, 0.25) is 0 Å². The smallest absolute Gasteiger partial charge is 0.115 e. The molecule has 0 bridgehead atoms. The Hall–Kier alpha value is -1.50. The van der Waals surface area contributed by atoms with Gasteiger partial charge in [0.15, 0.2) is 0 Å². The zero-order chi connectivity index (χ0) is 8.65. The Morgan fingerprint density at radius 3 is 1.75 bits per heavy atom. The Morgan fingerprint density at radius 1 is 0.917 bits per heavy atom. The maximum atomic E-state index is 8.63. The molecule has 12 heavy (non-hydrogen) atoms. The molecule has 0 spiro atoms. The molecule has 1 aliphatic carbocycles. The standard InChI is InChI=1S/C6H6O.C5H6/c7-6-4-2-1-3-5-6;1-2-4-5-3-1/h1-5,7H;1-4H,5H2. The molecule has 0 saturated heterocycles. The molecule has 0 aliphatic heterocycles. The van der Waals surface area contributed by atoms with Crippen LogP contribution in [0.4, 0.5) is 0 Å². The summed E-state index contributed by atoms with van der Waals surface area (Å²) in [5, 5.41) is 8.63. The molecule has 0 fully saturated rings. The summed E-state index contributed by atoms with van der Waals surface area (Å²) in [4.78, 5) is 0. The van der Waals surface area contributed by atoms with Crippen LogP contribution in [0.3, 0.4) is 0 Å². The average Bonchev–Trinajstić information content (AvgIpc) is 2.62. The maximum absolute atomic E-state index is 8.63. The first-order valence-electron chi connectivity index (χ1n) is 3.95. The Morgan fingerprint density at radius 2 is 1.50 bits per heavy atom. The lowest BCUT2D eigenvalue weighted by atomic mass is 10.3. The van der Waals surface area contributed by atoms with E-state index in [1.54, 1.807) is 24.3 Å². The van der Waals surface area contributed by atoms with E-state index < -0.39 is 0 Å². The fourth-order valence-corrected chi connectivity index (χ4v) is 0.821. The molecule has 2 rings (SSSR count). The molecule has 1 nitrogen and oxygen atoms in total. The fraction of sp³-hybridized carbons (Fsp3) is 0.0909. The van der Waals surface area contributed by atoms with Crippen LogP contribution in [0, 0.1) is 0 Å². The third kappa shape index (κ3) is 3.62. The quantitative estimate of drug-likeness (QED) is 0.618. The zero-order valence-electron chi connectivity index (χ0n) is 6.85. The number of phenolic OH excluding ortho intramolecular Hbond substituents is 1. The summed E-state index contributed by atoms with van der Waals surface area (Å²) in [6, 6.07) is 8.71. The topological polar surface area (TPSA) is 20.2 Å². The molecule has 62 valence electrons. The van der Waals surface area contributed by atoms with E-state index in [0.29, 0.717) is 5.75 Å². The van der Waals surface area contributed by atoms with E-state index in [1.165, 1.54) is 0 Å². The normalized spacial score (nSPS) is 12.3. The molecule has 1 aromatic rings. The lowest BCUT2D eigenvalue weighted by molar-refractivity contribution is 0.475. The SMILES string of the molecule is C1=CCC=C1.Oc1ccccc1. The molecule has 0 unspecified atom stereocenters. The van der Waals surface area contributed by atoms with E-state index in [1.807, 2.05) is 6.07 Å². The minimum absolute atomic E-state index is 0.322. The first-order chi connectivity index (χ1) is 5.89. The number of phenols is 1. The molecule has 0 aromatic heterocycles. The van der Waals surface area contributed by atoms with Crippen LogP contribution in [0.15, 0.2) is 54.6 Å². The number of rotatable bonds is 0. The van der Waals surface area contributed by atoms with Gasteiger partial charge in [0, 0.05) is 0 Å². The van der Waals surface area contributed by atoms with Gasteiger partial charge in [-0.25, -0.2) is 0 Å². The minimum atomic E-state index is 0.322. The van der Waals surface area contributed by atoms with Crippen molar-refractivity contribution in [2.75, 3.05) is 0 Å². The second-order valence-corrected chi connectivity index (χ2v) is 2.43. The van der Waals surface area contributed by atoms with Crippen LogP contribution in [0.5, 0.6) is 5.75 Å². The molecular weight excluding hydrogens is 148 g/mol. The van der Waals surface area contributed by atoms with Crippen LogP contribution in [-0.2, 0) is 0 Å². The largest absolute Gasteiger partial charge is 0.508 e. The Balaban J connectivity index is 0.000000127. The molecule has 1 N–H and O–H groups in total. The summed E-state index contributed by atoms with van der Waals surface area (Å²) in [5.74, 6) is 0.322. The van der Waals surface area contributed by atoms with Crippen molar-refractivity contribution in [2.45, 2.75) is 6.42 Å².